The van der Waals surface area contributed by atoms with Crippen LogP contribution < -0.4 is 14.8 Å². The minimum absolute atomic E-state index is 0.120. The Bertz CT molecular complexity index is 1150. The molecule has 0 saturated carbocycles. The first-order chi connectivity index (χ1) is 16.4. The predicted octanol–water partition coefficient (Wildman–Crippen LogP) is 5.89. The first kappa shape index (κ1) is 25.4. The van der Waals surface area contributed by atoms with E-state index in [9.17, 15) is 9.59 Å². The van der Waals surface area contributed by atoms with Crippen molar-refractivity contribution in [3.8, 4) is 11.5 Å². The van der Waals surface area contributed by atoms with Crippen LogP contribution in [0.4, 0.5) is 0 Å². The summed E-state index contributed by atoms with van der Waals surface area (Å²) < 4.78 is 17.4. The van der Waals surface area contributed by atoms with Crippen LogP contribution in [0, 0.1) is 0 Å². The molecule has 0 saturated heterocycles. The van der Waals surface area contributed by atoms with Crippen molar-refractivity contribution in [2.75, 3.05) is 6.61 Å². The van der Waals surface area contributed by atoms with Gasteiger partial charge < -0.3 is 19.5 Å². The molecular weight excluding hydrogens is 477 g/mol. The third kappa shape index (κ3) is 6.65. The van der Waals surface area contributed by atoms with Crippen molar-refractivity contribution >= 4 is 35.1 Å². The molecule has 0 fully saturated rings. The third-order valence-corrected chi connectivity index (χ3v) is 5.60. The van der Waals surface area contributed by atoms with Gasteiger partial charge in [-0.2, -0.15) is 0 Å². The zero-order valence-electron chi connectivity index (χ0n) is 18.8. The molecule has 8 heteroatoms. The number of carbonyl (C=O) groups is 2. The molecule has 0 bridgehead atoms. The van der Waals surface area contributed by atoms with Crippen LogP contribution in [0.3, 0.4) is 0 Å². The monoisotopic (exact) mass is 501 g/mol. The Labute approximate surface area is 208 Å². The number of halogens is 2. The van der Waals surface area contributed by atoms with Crippen LogP contribution in [0.2, 0.25) is 10.0 Å². The molecule has 1 atom stereocenters. The summed E-state index contributed by atoms with van der Waals surface area (Å²) in [6.45, 7) is 3.48. The second-order valence-electron chi connectivity index (χ2n) is 7.32. The molecule has 0 aliphatic carbocycles. The Kier molecular flexibility index (Phi) is 9.19. The summed E-state index contributed by atoms with van der Waals surface area (Å²) >= 11 is 12.6. The molecule has 1 N–H and O–H groups in total. The lowest BCUT2D eigenvalue weighted by molar-refractivity contribution is -0.147. The van der Waals surface area contributed by atoms with E-state index in [4.69, 9.17) is 37.4 Å². The fourth-order valence-electron chi connectivity index (χ4n) is 3.26. The van der Waals surface area contributed by atoms with E-state index in [1.807, 2.05) is 36.4 Å². The lowest BCUT2D eigenvalue weighted by Crippen LogP contribution is -2.33. The maximum atomic E-state index is 12.7. The van der Waals surface area contributed by atoms with Gasteiger partial charge in [0.2, 0.25) is 5.91 Å². The maximum Gasteiger partial charge on any atom is 0.333 e. The molecule has 1 unspecified atom stereocenters. The highest BCUT2D eigenvalue weighted by Gasteiger charge is 2.28. The van der Waals surface area contributed by atoms with Gasteiger partial charge in [0.05, 0.1) is 6.61 Å². The quantitative estimate of drug-likeness (QED) is 0.350. The van der Waals surface area contributed by atoms with Gasteiger partial charge in [0.15, 0.2) is 17.5 Å². The predicted molar refractivity (Wildman–Crippen MR) is 131 cm³/mol. The summed E-state index contributed by atoms with van der Waals surface area (Å²) in [5.41, 5.74) is 1.94. The number of rotatable bonds is 10. The van der Waals surface area contributed by atoms with Gasteiger partial charge in [0.25, 0.3) is 0 Å². The van der Waals surface area contributed by atoms with Gasteiger partial charge in [-0.05, 0) is 25.1 Å². The molecule has 0 aromatic heterocycles. The normalized spacial score (nSPS) is 11.4. The van der Waals surface area contributed by atoms with Gasteiger partial charge in [-0.15, -0.1) is 0 Å². The summed E-state index contributed by atoms with van der Waals surface area (Å²) in [4.78, 5) is 24.6. The fraction of sp³-hybridized carbons (Fsp3) is 0.231. The van der Waals surface area contributed by atoms with Crippen molar-refractivity contribution in [2.24, 2.45) is 0 Å². The van der Waals surface area contributed by atoms with Crippen LogP contribution in [0.25, 0.3) is 0 Å². The van der Waals surface area contributed by atoms with E-state index < -0.39 is 17.9 Å². The second kappa shape index (κ2) is 12.3. The maximum absolute atomic E-state index is 12.7. The van der Waals surface area contributed by atoms with Gasteiger partial charge in [-0.25, -0.2) is 4.79 Å². The van der Waals surface area contributed by atoms with E-state index in [-0.39, 0.29) is 19.8 Å². The zero-order chi connectivity index (χ0) is 24.5. The van der Waals surface area contributed by atoms with Crippen LogP contribution in [-0.4, -0.2) is 18.5 Å². The highest BCUT2D eigenvalue weighted by atomic mass is 35.5. The third-order valence-electron chi connectivity index (χ3n) is 4.86. The highest BCUT2D eigenvalue weighted by Crippen LogP contribution is 2.37. The van der Waals surface area contributed by atoms with E-state index in [1.54, 1.807) is 37.3 Å². The topological polar surface area (TPSA) is 73.9 Å². The Morgan fingerprint density at radius 1 is 0.853 bits per heavy atom. The number of hydrogen-bond acceptors (Lipinski definition) is 5. The number of para-hydroxylation sites is 1. The SMILES string of the molecule is CCOC(=O)C(NC(C)=O)c1cccc(OCc2ccccc2Cl)c1OCc1ccccc1Cl. The number of hydrogen-bond donors (Lipinski definition) is 1. The molecule has 0 heterocycles. The van der Waals surface area contributed by atoms with Crippen LogP contribution in [-0.2, 0) is 27.5 Å². The molecule has 0 spiro atoms. The molecule has 3 rings (SSSR count). The van der Waals surface area contributed by atoms with Crippen LogP contribution in [0.15, 0.2) is 66.7 Å². The lowest BCUT2D eigenvalue weighted by atomic mass is 10.0. The lowest BCUT2D eigenvalue weighted by Gasteiger charge is -2.22. The molecule has 34 heavy (non-hydrogen) atoms. The van der Waals surface area contributed by atoms with E-state index in [0.29, 0.717) is 27.1 Å². The Morgan fingerprint density at radius 3 is 2.00 bits per heavy atom. The van der Waals surface area contributed by atoms with Gasteiger partial charge in [0.1, 0.15) is 13.2 Å². The largest absolute Gasteiger partial charge is 0.485 e. The number of carbonyl (C=O) groups excluding carboxylic acids is 2. The number of nitrogens with one attached hydrogen (secondary N) is 1. The summed E-state index contributed by atoms with van der Waals surface area (Å²) in [7, 11) is 0. The molecule has 0 radical (unpaired) electrons. The summed E-state index contributed by atoms with van der Waals surface area (Å²) in [5, 5.41) is 3.76. The van der Waals surface area contributed by atoms with Crippen molar-refractivity contribution < 1.29 is 23.8 Å². The molecule has 1 amide bonds. The van der Waals surface area contributed by atoms with Crippen LogP contribution in [0.5, 0.6) is 11.5 Å². The van der Waals surface area contributed by atoms with Gasteiger partial charge >= 0.3 is 5.97 Å². The molecular formula is C26H25Cl2NO5. The summed E-state index contributed by atoms with van der Waals surface area (Å²) in [6.07, 6.45) is 0. The minimum atomic E-state index is -1.08. The zero-order valence-corrected chi connectivity index (χ0v) is 20.4. The molecule has 3 aromatic rings. The van der Waals surface area contributed by atoms with Crippen LogP contribution >= 0.6 is 23.2 Å². The molecule has 178 valence electrons. The number of ether oxygens (including phenoxy) is 3. The van der Waals surface area contributed by atoms with E-state index in [2.05, 4.69) is 5.32 Å². The Balaban J connectivity index is 1.99. The number of esters is 1. The van der Waals surface area contributed by atoms with E-state index >= 15 is 0 Å². The molecule has 0 aliphatic rings. The summed E-state index contributed by atoms with van der Waals surface area (Å²) in [6, 6.07) is 18.6. The number of benzene rings is 3. The average Bonchev–Trinajstić information content (AvgIpc) is 2.82. The van der Waals surface area contributed by atoms with Gasteiger partial charge in [-0.3, -0.25) is 4.79 Å². The fourth-order valence-corrected chi connectivity index (χ4v) is 3.64. The summed E-state index contributed by atoms with van der Waals surface area (Å²) in [5.74, 6) is -0.327. The molecule has 6 nitrogen and oxygen atoms in total. The van der Waals surface area contributed by atoms with E-state index in [0.717, 1.165) is 11.1 Å². The smallest absolute Gasteiger partial charge is 0.333 e. The Morgan fingerprint density at radius 2 is 1.44 bits per heavy atom. The van der Waals surface area contributed by atoms with Crippen LogP contribution in [0.1, 0.15) is 36.6 Å². The molecule has 3 aromatic carbocycles. The first-order valence-corrected chi connectivity index (χ1v) is 11.4. The molecule has 0 aliphatic heterocycles. The average molecular weight is 502 g/mol. The first-order valence-electron chi connectivity index (χ1n) is 10.7. The second-order valence-corrected chi connectivity index (χ2v) is 8.13. The number of amides is 1. The van der Waals surface area contributed by atoms with Crippen molar-refractivity contribution in [1.29, 1.82) is 0 Å². The highest BCUT2D eigenvalue weighted by molar-refractivity contribution is 6.31. The van der Waals surface area contributed by atoms with Crippen molar-refractivity contribution in [3.05, 3.63) is 93.5 Å². The van der Waals surface area contributed by atoms with Gasteiger partial charge in [0, 0.05) is 33.7 Å². The van der Waals surface area contributed by atoms with Crippen molar-refractivity contribution in [2.45, 2.75) is 33.1 Å². The van der Waals surface area contributed by atoms with Gasteiger partial charge in [-0.1, -0.05) is 71.7 Å². The minimum Gasteiger partial charge on any atom is -0.485 e. The van der Waals surface area contributed by atoms with E-state index in [1.165, 1.54) is 6.92 Å². The van der Waals surface area contributed by atoms with Crippen molar-refractivity contribution in [3.63, 3.8) is 0 Å². The standard InChI is InChI=1S/C26H25Cl2NO5/c1-3-32-26(31)24(29-17(2)30)20-11-8-14-23(33-15-18-9-4-6-12-21(18)27)25(20)34-16-19-10-5-7-13-22(19)28/h4-14,24H,3,15-16H2,1-2H3,(H,29,30). The Hall–Kier alpha value is -3.22. The van der Waals surface area contributed by atoms with Crippen molar-refractivity contribution in [1.82, 2.24) is 5.32 Å².